The zero-order chi connectivity index (χ0) is 18.8. The lowest BCUT2D eigenvalue weighted by Crippen LogP contribution is -2.34. The van der Waals surface area contributed by atoms with E-state index in [0.717, 1.165) is 25.2 Å². The van der Waals surface area contributed by atoms with Crippen LogP contribution in [-0.4, -0.2) is 42.9 Å². The average molecular weight is 353 g/mol. The molecule has 2 aromatic carbocycles. The molecule has 0 aliphatic carbocycles. The van der Waals surface area contributed by atoms with Crippen molar-refractivity contribution in [3.63, 3.8) is 0 Å². The molecule has 0 saturated heterocycles. The summed E-state index contributed by atoms with van der Waals surface area (Å²) in [6.45, 7) is 8.10. The molecule has 26 heavy (non-hydrogen) atoms. The highest BCUT2D eigenvalue weighted by Gasteiger charge is 2.07. The molecule has 0 bridgehead atoms. The van der Waals surface area contributed by atoms with Crippen molar-refractivity contribution in [1.82, 2.24) is 15.5 Å². The summed E-state index contributed by atoms with van der Waals surface area (Å²) in [7, 11) is 0. The van der Waals surface area contributed by atoms with Crippen LogP contribution in [0.1, 0.15) is 40.1 Å². The first-order valence-electron chi connectivity index (χ1n) is 9.06. The fraction of sp³-hybridized carbons (Fsp3) is 0.333. The SMILES string of the molecule is CCN(CC)CCNC(=O)c1ccc(CNC(=O)c2ccccc2)cc1. The number of carbonyl (C=O) groups is 2. The Kier molecular flexibility index (Phi) is 7.83. The maximum absolute atomic E-state index is 12.2. The van der Waals surface area contributed by atoms with Gasteiger partial charge in [0.1, 0.15) is 0 Å². The standard InChI is InChI=1S/C21H27N3O2/c1-3-24(4-2)15-14-22-20(25)19-12-10-17(11-13-19)16-23-21(26)18-8-6-5-7-9-18/h5-13H,3-4,14-16H2,1-2H3,(H,22,25)(H,23,26). The van der Waals surface area contributed by atoms with Gasteiger partial charge in [-0.2, -0.15) is 0 Å². The second-order valence-electron chi connectivity index (χ2n) is 6.03. The van der Waals surface area contributed by atoms with Gasteiger partial charge in [-0.3, -0.25) is 9.59 Å². The van der Waals surface area contributed by atoms with Gasteiger partial charge in [0.05, 0.1) is 0 Å². The number of amides is 2. The Hall–Kier alpha value is -2.66. The van der Waals surface area contributed by atoms with Crippen LogP contribution in [0.25, 0.3) is 0 Å². The molecule has 0 aliphatic rings. The summed E-state index contributed by atoms with van der Waals surface area (Å²) in [4.78, 5) is 26.5. The van der Waals surface area contributed by atoms with E-state index in [4.69, 9.17) is 0 Å². The Labute approximate surface area is 155 Å². The third-order valence-electron chi connectivity index (χ3n) is 4.31. The molecule has 0 saturated carbocycles. The lowest BCUT2D eigenvalue weighted by molar-refractivity contribution is 0.0940. The van der Waals surface area contributed by atoms with Gasteiger partial charge in [0.2, 0.25) is 0 Å². The van der Waals surface area contributed by atoms with Crippen LogP contribution in [0, 0.1) is 0 Å². The zero-order valence-corrected chi connectivity index (χ0v) is 15.5. The summed E-state index contributed by atoms with van der Waals surface area (Å²) >= 11 is 0. The average Bonchev–Trinajstić information content (AvgIpc) is 2.70. The molecule has 0 fully saturated rings. The van der Waals surface area contributed by atoms with Crippen LogP contribution >= 0.6 is 0 Å². The second-order valence-corrected chi connectivity index (χ2v) is 6.03. The molecule has 2 aromatic rings. The van der Waals surface area contributed by atoms with Crippen LogP contribution in [0.5, 0.6) is 0 Å². The van der Waals surface area contributed by atoms with Gasteiger partial charge in [-0.05, 0) is 42.9 Å². The molecule has 138 valence electrons. The number of rotatable bonds is 9. The molecule has 0 unspecified atom stereocenters. The van der Waals surface area contributed by atoms with E-state index in [1.54, 1.807) is 24.3 Å². The minimum absolute atomic E-state index is 0.0722. The smallest absolute Gasteiger partial charge is 0.251 e. The van der Waals surface area contributed by atoms with Crippen LogP contribution in [0.15, 0.2) is 54.6 Å². The van der Waals surface area contributed by atoms with Gasteiger partial charge in [0, 0.05) is 30.8 Å². The normalized spacial score (nSPS) is 10.6. The van der Waals surface area contributed by atoms with E-state index in [9.17, 15) is 9.59 Å². The number of likely N-dealkylation sites (N-methyl/N-ethyl adjacent to an activating group) is 1. The fourth-order valence-corrected chi connectivity index (χ4v) is 2.62. The topological polar surface area (TPSA) is 61.4 Å². The molecule has 0 spiro atoms. The van der Waals surface area contributed by atoms with Crippen molar-refractivity contribution in [2.75, 3.05) is 26.2 Å². The van der Waals surface area contributed by atoms with Crippen LogP contribution in [0.4, 0.5) is 0 Å². The molecule has 0 aliphatic heterocycles. The third-order valence-corrected chi connectivity index (χ3v) is 4.31. The Morgan fingerprint density at radius 3 is 2.00 bits per heavy atom. The molecule has 0 heterocycles. The molecule has 2 amide bonds. The van der Waals surface area contributed by atoms with Crippen molar-refractivity contribution in [2.45, 2.75) is 20.4 Å². The van der Waals surface area contributed by atoms with E-state index >= 15 is 0 Å². The minimum atomic E-state index is -0.108. The van der Waals surface area contributed by atoms with Gasteiger partial charge < -0.3 is 15.5 Å². The first-order chi connectivity index (χ1) is 12.6. The van der Waals surface area contributed by atoms with Gasteiger partial charge in [0.15, 0.2) is 0 Å². The Morgan fingerprint density at radius 1 is 0.808 bits per heavy atom. The molecular weight excluding hydrogens is 326 g/mol. The monoisotopic (exact) mass is 353 g/mol. The van der Waals surface area contributed by atoms with E-state index in [1.165, 1.54) is 0 Å². The second kappa shape index (κ2) is 10.4. The van der Waals surface area contributed by atoms with E-state index < -0.39 is 0 Å². The summed E-state index contributed by atoms with van der Waals surface area (Å²) in [5, 5.41) is 5.82. The lowest BCUT2D eigenvalue weighted by Gasteiger charge is -2.17. The van der Waals surface area contributed by atoms with E-state index in [1.807, 2.05) is 30.3 Å². The highest BCUT2D eigenvalue weighted by molar-refractivity contribution is 5.94. The summed E-state index contributed by atoms with van der Waals surface area (Å²) in [6.07, 6.45) is 0. The number of hydrogen-bond acceptors (Lipinski definition) is 3. The van der Waals surface area contributed by atoms with Gasteiger partial charge in [-0.1, -0.05) is 44.2 Å². The first kappa shape index (κ1) is 19.7. The maximum Gasteiger partial charge on any atom is 0.251 e. The fourth-order valence-electron chi connectivity index (χ4n) is 2.62. The van der Waals surface area contributed by atoms with Gasteiger partial charge in [0.25, 0.3) is 11.8 Å². The Bertz CT molecular complexity index is 695. The van der Waals surface area contributed by atoms with Crippen molar-refractivity contribution in [3.05, 3.63) is 71.3 Å². The highest BCUT2D eigenvalue weighted by atomic mass is 16.2. The largest absolute Gasteiger partial charge is 0.351 e. The van der Waals surface area contributed by atoms with Crippen LogP contribution < -0.4 is 10.6 Å². The Balaban J connectivity index is 1.80. The predicted octanol–water partition coefficient (Wildman–Crippen LogP) is 2.69. The van der Waals surface area contributed by atoms with Gasteiger partial charge in [-0.15, -0.1) is 0 Å². The van der Waals surface area contributed by atoms with Crippen LogP contribution in [0.3, 0.4) is 0 Å². The van der Waals surface area contributed by atoms with Crippen molar-refractivity contribution in [2.24, 2.45) is 0 Å². The van der Waals surface area contributed by atoms with Crippen LogP contribution in [-0.2, 0) is 6.54 Å². The zero-order valence-electron chi connectivity index (χ0n) is 15.5. The summed E-state index contributed by atoms with van der Waals surface area (Å²) < 4.78 is 0. The quantitative estimate of drug-likeness (QED) is 0.729. The molecule has 5 heteroatoms. The number of nitrogens with zero attached hydrogens (tertiary/aromatic N) is 1. The number of carbonyl (C=O) groups excluding carboxylic acids is 2. The van der Waals surface area contributed by atoms with E-state index in [0.29, 0.717) is 24.2 Å². The van der Waals surface area contributed by atoms with Crippen molar-refractivity contribution in [1.29, 1.82) is 0 Å². The highest BCUT2D eigenvalue weighted by Crippen LogP contribution is 2.05. The molecule has 0 radical (unpaired) electrons. The molecule has 2 N–H and O–H groups in total. The molecular formula is C21H27N3O2. The van der Waals surface area contributed by atoms with Gasteiger partial charge >= 0.3 is 0 Å². The third kappa shape index (κ3) is 6.01. The number of hydrogen-bond donors (Lipinski definition) is 2. The lowest BCUT2D eigenvalue weighted by atomic mass is 10.1. The number of benzene rings is 2. The van der Waals surface area contributed by atoms with Crippen molar-refractivity contribution < 1.29 is 9.59 Å². The minimum Gasteiger partial charge on any atom is -0.351 e. The predicted molar refractivity (Wildman–Crippen MR) is 104 cm³/mol. The summed E-state index contributed by atoms with van der Waals surface area (Å²) in [6, 6.07) is 16.4. The first-order valence-corrected chi connectivity index (χ1v) is 9.06. The number of nitrogens with one attached hydrogen (secondary N) is 2. The molecule has 0 atom stereocenters. The molecule has 5 nitrogen and oxygen atoms in total. The maximum atomic E-state index is 12.2. The Morgan fingerprint density at radius 2 is 1.38 bits per heavy atom. The van der Waals surface area contributed by atoms with E-state index in [2.05, 4.69) is 29.4 Å². The summed E-state index contributed by atoms with van der Waals surface area (Å²) in [5.74, 6) is -0.180. The van der Waals surface area contributed by atoms with Crippen molar-refractivity contribution >= 4 is 11.8 Å². The molecule has 0 aromatic heterocycles. The van der Waals surface area contributed by atoms with Gasteiger partial charge in [-0.25, -0.2) is 0 Å². The summed E-state index contributed by atoms with van der Waals surface area (Å²) in [5.41, 5.74) is 2.22. The van der Waals surface area contributed by atoms with Crippen molar-refractivity contribution in [3.8, 4) is 0 Å². The molecule has 2 rings (SSSR count). The van der Waals surface area contributed by atoms with Crippen LogP contribution in [0.2, 0.25) is 0 Å². The van der Waals surface area contributed by atoms with E-state index in [-0.39, 0.29) is 11.8 Å².